The first kappa shape index (κ1) is 14.5. The summed E-state index contributed by atoms with van der Waals surface area (Å²) in [5.41, 5.74) is 3.64. The van der Waals surface area contributed by atoms with Gasteiger partial charge in [-0.15, -0.1) is 11.3 Å². The minimum atomic E-state index is -0.842. The molecule has 3 heterocycles. The summed E-state index contributed by atoms with van der Waals surface area (Å²) < 4.78 is 15.1. The van der Waals surface area contributed by atoms with E-state index in [1.807, 2.05) is 5.38 Å². The highest BCUT2D eigenvalue weighted by molar-refractivity contribution is 7.07. The molecule has 0 amide bonds. The number of carboxylic acids is 1. The first-order chi connectivity index (χ1) is 10.6. The van der Waals surface area contributed by atoms with Gasteiger partial charge in [-0.25, -0.2) is 14.4 Å². The van der Waals surface area contributed by atoms with E-state index in [4.69, 9.17) is 5.11 Å². The van der Waals surface area contributed by atoms with Crippen LogP contribution < -0.4 is 5.32 Å². The second-order valence-corrected chi connectivity index (χ2v) is 5.40. The van der Waals surface area contributed by atoms with Crippen LogP contribution in [0.15, 0.2) is 29.2 Å². The third kappa shape index (κ3) is 2.91. The number of halogens is 1. The van der Waals surface area contributed by atoms with E-state index >= 15 is 0 Å². The molecule has 114 valence electrons. The normalized spacial score (nSPS) is 11.0. The lowest BCUT2D eigenvalue weighted by atomic mass is 10.3. The highest BCUT2D eigenvalue weighted by atomic mass is 32.1. The van der Waals surface area contributed by atoms with Crippen molar-refractivity contribution in [2.75, 3.05) is 11.9 Å². The monoisotopic (exact) mass is 320 g/mol. The fourth-order valence-electron chi connectivity index (χ4n) is 2.14. The molecule has 3 aromatic rings. The van der Waals surface area contributed by atoms with E-state index in [1.54, 1.807) is 16.0 Å². The number of hydrogen-bond donors (Lipinski definition) is 2. The van der Waals surface area contributed by atoms with Gasteiger partial charge >= 0.3 is 5.97 Å². The number of thiazole rings is 1. The van der Waals surface area contributed by atoms with Crippen LogP contribution in [0.3, 0.4) is 0 Å². The molecule has 3 aromatic heterocycles. The molecule has 0 unspecified atom stereocenters. The summed E-state index contributed by atoms with van der Waals surface area (Å²) in [6.07, 6.45) is 1.89. The SMILES string of the molecule is O=C(O)CCCNc1c(-c2cscn2)nc2ccc(F)cn12. The maximum absolute atomic E-state index is 13.5. The summed E-state index contributed by atoms with van der Waals surface area (Å²) in [5, 5.41) is 13.7. The lowest BCUT2D eigenvalue weighted by Crippen LogP contribution is -2.07. The van der Waals surface area contributed by atoms with Gasteiger partial charge in [0.25, 0.3) is 0 Å². The molecular weight excluding hydrogens is 307 g/mol. The quantitative estimate of drug-likeness (QED) is 0.683. The van der Waals surface area contributed by atoms with Crippen molar-refractivity contribution >= 4 is 28.8 Å². The summed E-state index contributed by atoms with van der Waals surface area (Å²) in [7, 11) is 0. The van der Waals surface area contributed by atoms with Crippen molar-refractivity contribution in [2.45, 2.75) is 12.8 Å². The third-order valence-corrected chi connectivity index (χ3v) is 3.70. The molecule has 0 fully saturated rings. The molecule has 22 heavy (non-hydrogen) atoms. The van der Waals surface area contributed by atoms with Crippen LogP contribution in [0.4, 0.5) is 10.2 Å². The molecule has 0 aromatic carbocycles. The van der Waals surface area contributed by atoms with Gasteiger partial charge in [0, 0.05) is 24.5 Å². The number of anilines is 1. The maximum atomic E-state index is 13.5. The van der Waals surface area contributed by atoms with Crippen LogP contribution in [0.2, 0.25) is 0 Å². The lowest BCUT2D eigenvalue weighted by molar-refractivity contribution is -0.137. The third-order valence-electron chi connectivity index (χ3n) is 3.12. The largest absolute Gasteiger partial charge is 0.481 e. The van der Waals surface area contributed by atoms with Crippen molar-refractivity contribution in [2.24, 2.45) is 0 Å². The van der Waals surface area contributed by atoms with Gasteiger partial charge in [0.1, 0.15) is 28.7 Å². The molecule has 0 spiro atoms. The Bertz CT molecular complexity index is 801. The van der Waals surface area contributed by atoms with Gasteiger partial charge in [-0.3, -0.25) is 9.20 Å². The predicted octanol–water partition coefficient (Wildman–Crippen LogP) is 2.87. The number of rotatable bonds is 6. The average molecular weight is 320 g/mol. The van der Waals surface area contributed by atoms with Crippen molar-refractivity contribution in [3.63, 3.8) is 0 Å². The number of fused-ring (bicyclic) bond motifs is 1. The van der Waals surface area contributed by atoms with Crippen LogP contribution in [0.5, 0.6) is 0 Å². The van der Waals surface area contributed by atoms with Gasteiger partial charge in [0.15, 0.2) is 0 Å². The summed E-state index contributed by atoms with van der Waals surface area (Å²) in [6.45, 7) is 0.452. The van der Waals surface area contributed by atoms with Crippen molar-refractivity contribution in [1.82, 2.24) is 14.4 Å². The van der Waals surface area contributed by atoms with Gasteiger partial charge in [0.2, 0.25) is 0 Å². The zero-order valence-electron chi connectivity index (χ0n) is 11.5. The molecule has 0 bridgehead atoms. The van der Waals surface area contributed by atoms with Crippen LogP contribution in [0.1, 0.15) is 12.8 Å². The lowest BCUT2D eigenvalue weighted by Gasteiger charge is -2.07. The van der Waals surface area contributed by atoms with Gasteiger partial charge in [-0.2, -0.15) is 0 Å². The Morgan fingerprint density at radius 2 is 2.32 bits per heavy atom. The zero-order valence-corrected chi connectivity index (χ0v) is 12.3. The second-order valence-electron chi connectivity index (χ2n) is 4.68. The van der Waals surface area contributed by atoms with Crippen LogP contribution in [0, 0.1) is 5.82 Å². The Kier molecular flexibility index (Phi) is 4.01. The van der Waals surface area contributed by atoms with E-state index < -0.39 is 5.97 Å². The molecule has 0 aliphatic carbocycles. The van der Waals surface area contributed by atoms with Crippen LogP contribution in [0.25, 0.3) is 17.0 Å². The van der Waals surface area contributed by atoms with Crippen LogP contribution >= 0.6 is 11.3 Å². The molecule has 0 saturated heterocycles. The average Bonchev–Trinajstić information content (AvgIpc) is 3.10. The van der Waals surface area contributed by atoms with Gasteiger partial charge < -0.3 is 10.4 Å². The Balaban J connectivity index is 1.95. The topological polar surface area (TPSA) is 79.5 Å². The molecule has 0 radical (unpaired) electrons. The summed E-state index contributed by atoms with van der Waals surface area (Å²) in [4.78, 5) is 19.3. The zero-order chi connectivity index (χ0) is 15.5. The number of imidazole rings is 1. The minimum Gasteiger partial charge on any atom is -0.481 e. The number of pyridine rings is 1. The predicted molar refractivity (Wildman–Crippen MR) is 81.6 cm³/mol. The van der Waals surface area contributed by atoms with Gasteiger partial charge in [-0.05, 0) is 18.6 Å². The molecule has 0 saturated carbocycles. The van der Waals surface area contributed by atoms with E-state index in [1.165, 1.54) is 23.6 Å². The Morgan fingerprint density at radius 1 is 1.45 bits per heavy atom. The van der Waals surface area contributed by atoms with Crippen molar-refractivity contribution in [3.8, 4) is 11.4 Å². The standard InChI is InChI=1S/C14H13FN4O2S/c15-9-3-4-11-18-13(10-7-22-8-17-10)14(19(11)6-9)16-5-1-2-12(20)21/h3-4,6-8,16H,1-2,5H2,(H,20,21). The number of carbonyl (C=O) groups is 1. The molecule has 2 N–H and O–H groups in total. The highest BCUT2D eigenvalue weighted by Crippen LogP contribution is 2.28. The Hall–Kier alpha value is -2.48. The summed E-state index contributed by atoms with van der Waals surface area (Å²) >= 11 is 1.45. The van der Waals surface area contributed by atoms with Gasteiger partial charge in [0.05, 0.1) is 5.51 Å². The Labute approximate surface area is 129 Å². The van der Waals surface area contributed by atoms with Crippen LogP contribution in [-0.4, -0.2) is 32.0 Å². The molecule has 3 rings (SSSR count). The molecule has 0 aliphatic heterocycles. The van der Waals surface area contributed by atoms with Crippen molar-refractivity contribution < 1.29 is 14.3 Å². The van der Waals surface area contributed by atoms with Gasteiger partial charge in [-0.1, -0.05) is 0 Å². The van der Waals surface area contributed by atoms with Crippen molar-refractivity contribution in [1.29, 1.82) is 0 Å². The molecule has 6 nitrogen and oxygen atoms in total. The van der Waals surface area contributed by atoms with E-state index in [0.29, 0.717) is 35.8 Å². The second kappa shape index (κ2) is 6.10. The summed E-state index contributed by atoms with van der Waals surface area (Å²) in [5.74, 6) is -0.597. The van der Waals surface area contributed by atoms with E-state index in [2.05, 4.69) is 15.3 Å². The van der Waals surface area contributed by atoms with Crippen LogP contribution in [-0.2, 0) is 4.79 Å². The van der Waals surface area contributed by atoms with E-state index in [-0.39, 0.29) is 12.2 Å². The number of nitrogens with one attached hydrogen (secondary N) is 1. The van der Waals surface area contributed by atoms with Crippen molar-refractivity contribution in [3.05, 3.63) is 35.0 Å². The highest BCUT2D eigenvalue weighted by Gasteiger charge is 2.15. The molecule has 8 heteroatoms. The Morgan fingerprint density at radius 3 is 3.05 bits per heavy atom. The number of nitrogens with zero attached hydrogens (tertiary/aromatic N) is 3. The number of carboxylic acid groups (broad SMARTS) is 1. The molecule has 0 atom stereocenters. The van der Waals surface area contributed by atoms with E-state index in [0.717, 1.165) is 0 Å². The number of aromatic nitrogens is 3. The van der Waals surface area contributed by atoms with E-state index in [9.17, 15) is 9.18 Å². The number of aliphatic carboxylic acids is 1. The summed E-state index contributed by atoms with van der Waals surface area (Å²) in [6, 6.07) is 2.94. The number of hydrogen-bond acceptors (Lipinski definition) is 5. The first-order valence-corrected chi connectivity index (χ1v) is 7.61. The molecule has 0 aliphatic rings. The first-order valence-electron chi connectivity index (χ1n) is 6.67. The molecular formula is C14H13FN4O2S. The fraction of sp³-hybridized carbons (Fsp3) is 0.214. The maximum Gasteiger partial charge on any atom is 0.303 e. The smallest absolute Gasteiger partial charge is 0.303 e. The minimum absolute atomic E-state index is 0.0735. The fourth-order valence-corrected chi connectivity index (χ4v) is 2.68.